The van der Waals surface area contributed by atoms with E-state index in [1.807, 2.05) is 6.92 Å². The normalized spacial score (nSPS) is 21.9. The lowest BCUT2D eigenvalue weighted by molar-refractivity contribution is 0.0458. The Morgan fingerprint density at radius 2 is 1.96 bits per heavy atom. The smallest absolute Gasteiger partial charge is 0.257 e. The molecule has 1 unspecified atom stereocenters. The van der Waals surface area contributed by atoms with E-state index in [1.54, 1.807) is 11.0 Å². The van der Waals surface area contributed by atoms with Gasteiger partial charge in [-0.1, -0.05) is 6.92 Å². The Bertz CT molecular complexity index is 792. The lowest BCUT2D eigenvalue weighted by atomic mass is 10.1. The van der Waals surface area contributed by atoms with Crippen LogP contribution < -0.4 is 4.74 Å². The molecule has 0 radical (unpaired) electrons. The van der Waals surface area contributed by atoms with E-state index in [-0.39, 0.29) is 22.5 Å². The maximum Gasteiger partial charge on any atom is 0.257 e. The molecule has 3 rings (SSSR count). The minimum absolute atomic E-state index is 0.0160. The Morgan fingerprint density at radius 3 is 2.64 bits per heavy atom. The second kappa shape index (κ2) is 9.21. The van der Waals surface area contributed by atoms with Crippen molar-refractivity contribution in [3.63, 3.8) is 0 Å². The molecule has 0 aromatic heterocycles. The SMILES string of the molecule is CCC1CN(C(=O)c2cc(S(=O)(=O)N3CCOCC3)ccc2OC)CCCO1. The minimum atomic E-state index is -3.69. The summed E-state index contributed by atoms with van der Waals surface area (Å²) in [5.41, 5.74) is 0.258. The molecule has 2 fully saturated rings. The van der Waals surface area contributed by atoms with Crippen molar-refractivity contribution in [2.75, 3.05) is 53.1 Å². The summed E-state index contributed by atoms with van der Waals surface area (Å²) >= 11 is 0. The highest BCUT2D eigenvalue weighted by Crippen LogP contribution is 2.27. The topological polar surface area (TPSA) is 85.4 Å². The van der Waals surface area contributed by atoms with Gasteiger partial charge in [-0.25, -0.2) is 8.42 Å². The summed E-state index contributed by atoms with van der Waals surface area (Å²) < 4.78 is 43.7. The standard InChI is InChI=1S/C19H28N2O6S/c1-3-15-14-20(7-4-10-27-15)19(22)17-13-16(5-6-18(17)25-2)28(23,24)21-8-11-26-12-9-21/h5-6,13,15H,3-4,7-12,14H2,1-2H3. The van der Waals surface area contributed by atoms with Gasteiger partial charge in [0.05, 0.1) is 36.9 Å². The van der Waals surface area contributed by atoms with Crippen molar-refractivity contribution in [1.82, 2.24) is 9.21 Å². The number of sulfonamides is 1. The first-order valence-electron chi connectivity index (χ1n) is 9.64. The number of carbonyl (C=O) groups is 1. The third kappa shape index (κ3) is 4.48. The molecule has 2 saturated heterocycles. The maximum absolute atomic E-state index is 13.2. The Kier molecular flexibility index (Phi) is 6.92. The number of ether oxygens (including phenoxy) is 3. The van der Waals surface area contributed by atoms with Gasteiger partial charge < -0.3 is 19.1 Å². The number of morpholine rings is 1. The fourth-order valence-electron chi connectivity index (χ4n) is 3.45. The number of nitrogens with zero attached hydrogens (tertiary/aromatic N) is 2. The zero-order valence-corrected chi connectivity index (χ0v) is 17.2. The quantitative estimate of drug-likeness (QED) is 0.726. The highest BCUT2D eigenvalue weighted by molar-refractivity contribution is 7.89. The van der Waals surface area contributed by atoms with Crippen LogP contribution in [0.15, 0.2) is 23.1 Å². The summed E-state index contributed by atoms with van der Waals surface area (Å²) in [7, 11) is -2.22. The molecule has 1 aromatic carbocycles. The first-order chi connectivity index (χ1) is 13.5. The lowest BCUT2D eigenvalue weighted by Crippen LogP contribution is -2.40. The third-order valence-corrected chi connectivity index (χ3v) is 7.00. The van der Waals surface area contributed by atoms with Crippen molar-refractivity contribution in [3.05, 3.63) is 23.8 Å². The second-order valence-electron chi connectivity index (χ2n) is 6.88. The molecule has 2 aliphatic rings. The van der Waals surface area contributed by atoms with Gasteiger partial charge in [-0.3, -0.25) is 4.79 Å². The monoisotopic (exact) mass is 412 g/mol. The summed E-state index contributed by atoms with van der Waals surface area (Å²) in [6, 6.07) is 4.46. The molecule has 156 valence electrons. The summed E-state index contributed by atoms with van der Waals surface area (Å²) in [4.78, 5) is 15.0. The van der Waals surface area contributed by atoms with Crippen LogP contribution in [0.1, 0.15) is 30.1 Å². The summed E-state index contributed by atoms with van der Waals surface area (Å²) in [5, 5.41) is 0. The fourth-order valence-corrected chi connectivity index (χ4v) is 4.88. The molecule has 2 heterocycles. The first kappa shape index (κ1) is 21.0. The summed E-state index contributed by atoms with van der Waals surface area (Å²) in [6.07, 6.45) is 1.54. The van der Waals surface area contributed by atoms with Crippen molar-refractivity contribution < 1.29 is 27.4 Å². The largest absolute Gasteiger partial charge is 0.496 e. The molecule has 0 aliphatic carbocycles. The van der Waals surface area contributed by atoms with Crippen LogP contribution >= 0.6 is 0 Å². The number of rotatable bonds is 5. The van der Waals surface area contributed by atoms with Crippen LogP contribution in [0.5, 0.6) is 5.75 Å². The lowest BCUT2D eigenvalue weighted by Gasteiger charge is -2.27. The van der Waals surface area contributed by atoms with E-state index < -0.39 is 10.0 Å². The molecule has 28 heavy (non-hydrogen) atoms. The van der Waals surface area contributed by atoms with E-state index >= 15 is 0 Å². The van der Waals surface area contributed by atoms with Crippen molar-refractivity contribution in [3.8, 4) is 5.75 Å². The molecule has 1 aromatic rings. The average molecular weight is 413 g/mol. The number of hydrogen-bond acceptors (Lipinski definition) is 6. The molecule has 1 atom stereocenters. The van der Waals surface area contributed by atoms with E-state index in [0.717, 1.165) is 12.8 Å². The van der Waals surface area contributed by atoms with Gasteiger partial charge in [0.25, 0.3) is 5.91 Å². The predicted molar refractivity (Wildman–Crippen MR) is 103 cm³/mol. The van der Waals surface area contributed by atoms with E-state index in [2.05, 4.69) is 0 Å². The summed E-state index contributed by atoms with van der Waals surface area (Å²) in [5.74, 6) is 0.129. The van der Waals surface area contributed by atoms with Gasteiger partial charge in [0.2, 0.25) is 10.0 Å². The molecular weight excluding hydrogens is 384 g/mol. The van der Waals surface area contributed by atoms with Gasteiger partial charge in [0.15, 0.2) is 0 Å². The Morgan fingerprint density at radius 1 is 1.21 bits per heavy atom. The van der Waals surface area contributed by atoms with Gasteiger partial charge in [-0.15, -0.1) is 0 Å². The predicted octanol–water partition coefficient (Wildman–Crippen LogP) is 1.36. The highest BCUT2D eigenvalue weighted by atomic mass is 32.2. The van der Waals surface area contributed by atoms with E-state index in [0.29, 0.717) is 51.7 Å². The number of methoxy groups -OCH3 is 1. The second-order valence-corrected chi connectivity index (χ2v) is 8.82. The number of hydrogen-bond donors (Lipinski definition) is 0. The van der Waals surface area contributed by atoms with Crippen molar-refractivity contribution in [1.29, 1.82) is 0 Å². The van der Waals surface area contributed by atoms with Crippen molar-refractivity contribution in [2.45, 2.75) is 30.8 Å². The Labute approximate surface area is 166 Å². The van der Waals surface area contributed by atoms with E-state index in [1.165, 1.54) is 23.5 Å². The van der Waals surface area contributed by atoms with Crippen molar-refractivity contribution >= 4 is 15.9 Å². The fraction of sp³-hybridized carbons (Fsp3) is 0.632. The Balaban J connectivity index is 1.91. The van der Waals surface area contributed by atoms with Crippen LogP contribution in [0.3, 0.4) is 0 Å². The molecule has 0 saturated carbocycles. The molecule has 0 N–H and O–H groups in total. The van der Waals surface area contributed by atoms with Gasteiger partial charge in [-0.05, 0) is 31.0 Å². The molecular formula is C19H28N2O6S. The van der Waals surface area contributed by atoms with Crippen molar-refractivity contribution in [2.24, 2.45) is 0 Å². The first-order valence-corrected chi connectivity index (χ1v) is 11.1. The zero-order chi connectivity index (χ0) is 20.1. The minimum Gasteiger partial charge on any atom is -0.496 e. The molecule has 0 spiro atoms. The van der Waals surface area contributed by atoms with Crippen LogP contribution in [0.2, 0.25) is 0 Å². The number of carbonyl (C=O) groups excluding carboxylic acids is 1. The van der Waals surface area contributed by atoms with Gasteiger partial charge in [0, 0.05) is 32.8 Å². The number of amides is 1. The van der Waals surface area contributed by atoms with Gasteiger partial charge in [0.1, 0.15) is 5.75 Å². The van der Waals surface area contributed by atoms with Crippen LogP contribution in [-0.2, 0) is 19.5 Å². The van der Waals surface area contributed by atoms with E-state index in [4.69, 9.17) is 14.2 Å². The van der Waals surface area contributed by atoms with Gasteiger partial charge >= 0.3 is 0 Å². The Hall–Kier alpha value is -1.68. The van der Waals surface area contributed by atoms with Crippen LogP contribution in [0.25, 0.3) is 0 Å². The molecule has 9 heteroatoms. The number of benzene rings is 1. The molecule has 8 nitrogen and oxygen atoms in total. The zero-order valence-electron chi connectivity index (χ0n) is 16.4. The summed E-state index contributed by atoms with van der Waals surface area (Å²) in [6.45, 7) is 5.04. The maximum atomic E-state index is 13.2. The average Bonchev–Trinajstić information content (AvgIpc) is 2.99. The molecule has 0 bridgehead atoms. The van der Waals surface area contributed by atoms with Crippen LogP contribution in [0.4, 0.5) is 0 Å². The van der Waals surface area contributed by atoms with Crippen LogP contribution in [-0.4, -0.2) is 82.7 Å². The van der Waals surface area contributed by atoms with E-state index in [9.17, 15) is 13.2 Å². The van der Waals surface area contributed by atoms with Crippen LogP contribution in [0, 0.1) is 0 Å². The highest BCUT2D eigenvalue weighted by Gasteiger charge is 2.30. The third-order valence-electron chi connectivity index (χ3n) is 5.10. The molecule has 1 amide bonds. The molecule has 2 aliphatic heterocycles. The van der Waals surface area contributed by atoms with Gasteiger partial charge in [-0.2, -0.15) is 4.31 Å².